The molecule has 8 atom stereocenters. The number of nitrogens with two attached hydrogens (primary N) is 1. The molecule has 74 heavy (non-hydrogen) atoms. The van der Waals surface area contributed by atoms with Crippen LogP contribution in [0.25, 0.3) is 0 Å². The Balaban J connectivity index is 1.75. The molecule has 0 spiro atoms. The summed E-state index contributed by atoms with van der Waals surface area (Å²) in [6, 6.07) is 8.70. The lowest BCUT2D eigenvalue weighted by Gasteiger charge is -2.31. The SMILES string of the molecule is CC(C)C[C@H](NC(=O)[C@H](CC(C)C)NC(=O)[C@H](CC(C)C)NC(=O)[C@H](CCC(=O)O)NC(=O)CNC(=O)[C@@H]1CCCN1C(=O)[C@H](Cc1ccccc1)NC(=O)[C@@H](NC(=O)[C@@H](N)Cc1ccccc1)C(C)C)C(=O)O. The fraction of sp³-hybridized carbons (Fsp3) is 0.585. The van der Waals surface area contributed by atoms with Crippen molar-refractivity contribution in [1.82, 2.24) is 42.1 Å². The summed E-state index contributed by atoms with van der Waals surface area (Å²) in [7, 11) is 0. The van der Waals surface area contributed by atoms with Crippen LogP contribution in [-0.4, -0.2) is 136 Å². The molecule has 1 aliphatic heterocycles. The molecule has 21 heteroatoms. The van der Waals surface area contributed by atoms with Gasteiger partial charge in [0.25, 0.3) is 0 Å². The van der Waals surface area contributed by atoms with Gasteiger partial charge in [-0.3, -0.25) is 43.2 Å². The second kappa shape index (κ2) is 30.3. The fourth-order valence-corrected chi connectivity index (χ4v) is 8.55. The minimum atomic E-state index is -1.49. The number of nitrogens with zero attached hydrogens (tertiary/aromatic N) is 1. The summed E-state index contributed by atoms with van der Waals surface area (Å²) in [6.07, 6.45) is 0.307. The summed E-state index contributed by atoms with van der Waals surface area (Å²) in [6.45, 7) is 13.8. The highest BCUT2D eigenvalue weighted by Gasteiger charge is 2.40. The Morgan fingerprint density at radius 1 is 0.581 bits per heavy atom. The lowest BCUT2D eigenvalue weighted by molar-refractivity contribution is -0.143. The van der Waals surface area contributed by atoms with Gasteiger partial charge in [-0.05, 0) is 79.7 Å². The van der Waals surface area contributed by atoms with E-state index in [-0.39, 0.29) is 62.8 Å². The van der Waals surface area contributed by atoms with Crippen LogP contribution >= 0.6 is 0 Å². The van der Waals surface area contributed by atoms with E-state index in [1.807, 2.05) is 44.2 Å². The van der Waals surface area contributed by atoms with Crippen LogP contribution in [0.3, 0.4) is 0 Å². The molecule has 11 N–H and O–H groups in total. The molecule has 0 aliphatic carbocycles. The molecule has 1 heterocycles. The number of likely N-dealkylation sites (tertiary alicyclic amines) is 1. The van der Waals surface area contributed by atoms with Gasteiger partial charge in [-0.25, -0.2) is 4.79 Å². The number of carbonyl (C=O) groups excluding carboxylic acids is 8. The van der Waals surface area contributed by atoms with E-state index in [1.165, 1.54) is 4.90 Å². The maximum Gasteiger partial charge on any atom is 0.326 e. The molecule has 1 fully saturated rings. The Labute approximate surface area is 434 Å². The van der Waals surface area contributed by atoms with Crippen LogP contribution in [-0.2, 0) is 60.8 Å². The maximum absolute atomic E-state index is 14.4. The number of carbonyl (C=O) groups is 10. The van der Waals surface area contributed by atoms with Crippen LogP contribution < -0.4 is 43.0 Å². The molecule has 0 bridgehead atoms. The van der Waals surface area contributed by atoms with E-state index in [1.54, 1.807) is 71.9 Å². The van der Waals surface area contributed by atoms with Crippen molar-refractivity contribution in [3.63, 3.8) is 0 Å². The van der Waals surface area contributed by atoms with Crippen LogP contribution in [0.1, 0.15) is 111 Å². The molecule has 2 aromatic rings. The predicted molar refractivity (Wildman–Crippen MR) is 275 cm³/mol. The van der Waals surface area contributed by atoms with E-state index in [2.05, 4.69) is 37.2 Å². The Bertz CT molecular complexity index is 2230. The first kappa shape index (κ1) is 61.4. The van der Waals surface area contributed by atoms with E-state index < -0.39 is 133 Å². The lowest BCUT2D eigenvalue weighted by Crippen LogP contribution is -2.59. The minimum Gasteiger partial charge on any atom is -0.481 e. The normalized spacial score (nSPS) is 16.2. The van der Waals surface area contributed by atoms with Crippen molar-refractivity contribution in [3.05, 3.63) is 71.8 Å². The molecule has 0 unspecified atom stereocenters. The first-order valence-corrected chi connectivity index (χ1v) is 25.5. The number of benzene rings is 2. The largest absolute Gasteiger partial charge is 0.481 e. The van der Waals surface area contributed by atoms with Crippen LogP contribution in [0.15, 0.2) is 60.7 Å². The van der Waals surface area contributed by atoms with E-state index >= 15 is 0 Å². The summed E-state index contributed by atoms with van der Waals surface area (Å²) < 4.78 is 0. The highest BCUT2D eigenvalue weighted by molar-refractivity contribution is 5.98. The monoisotopic (exact) mass is 1030 g/mol. The molecule has 0 saturated carbocycles. The summed E-state index contributed by atoms with van der Waals surface area (Å²) in [5, 5.41) is 37.5. The average Bonchev–Trinajstić information content (AvgIpc) is 3.83. The fourth-order valence-electron chi connectivity index (χ4n) is 8.55. The van der Waals surface area contributed by atoms with Crippen molar-refractivity contribution < 1.29 is 58.2 Å². The summed E-state index contributed by atoms with van der Waals surface area (Å²) in [5.74, 6) is -9.00. The molecule has 21 nitrogen and oxygen atoms in total. The summed E-state index contributed by atoms with van der Waals surface area (Å²) in [4.78, 5) is 135. The van der Waals surface area contributed by atoms with Crippen molar-refractivity contribution in [1.29, 1.82) is 0 Å². The van der Waals surface area contributed by atoms with Gasteiger partial charge in [-0.2, -0.15) is 0 Å². The van der Waals surface area contributed by atoms with E-state index in [4.69, 9.17) is 5.73 Å². The minimum absolute atomic E-state index is 0.0456. The number of carboxylic acid groups (broad SMARTS) is 2. The van der Waals surface area contributed by atoms with Crippen molar-refractivity contribution in [2.24, 2.45) is 29.4 Å². The molecule has 3 rings (SSSR count). The number of aliphatic carboxylic acids is 2. The number of amides is 8. The van der Waals surface area contributed by atoms with E-state index in [0.717, 1.165) is 5.56 Å². The summed E-state index contributed by atoms with van der Waals surface area (Å²) >= 11 is 0. The van der Waals surface area contributed by atoms with E-state index in [9.17, 15) is 58.2 Å². The Morgan fingerprint density at radius 3 is 1.54 bits per heavy atom. The van der Waals surface area contributed by atoms with Gasteiger partial charge < -0.3 is 58.1 Å². The molecule has 1 aliphatic rings. The van der Waals surface area contributed by atoms with Crippen LogP contribution in [0.2, 0.25) is 0 Å². The zero-order chi connectivity index (χ0) is 55.2. The second-order valence-corrected chi connectivity index (χ2v) is 20.6. The molecular weight excluding hydrogens is 955 g/mol. The van der Waals surface area contributed by atoms with Gasteiger partial charge in [0, 0.05) is 19.4 Å². The zero-order valence-corrected chi connectivity index (χ0v) is 44.0. The number of hydrogen-bond donors (Lipinski definition) is 10. The third-order valence-corrected chi connectivity index (χ3v) is 12.3. The second-order valence-electron chi connectivity index (χ2n) is 20.6. The van der Waals surface area contributed by atoms with Gasteiger partial charge in [0.15, 0.2) is 0 Å². The van der Waals surface area contributed by atoms with Crippen LogP contribution in [0, 0.1) is 23.7 Å². The van der Waals surface area contributed by atoms with Crippen molar-refractivity contribution in [2.75, 3.05) is 13.1 Å². The van der Waals surface area contributed by atoms with Crippen LogP contribution in [0.4, 0.5) is 0 Å². The number of hydrogen-bond acceptors (Lipinski definition) is 11. The quantitative estimate of drug-likeness (QED) is 0.0532. The van der Waals surface area contributed by atoms with Gasteiger partial charge in [0.05, 0.1) is 12.6 Å². The average molecular weight is 1030 g/mol. The third-order valence-electron chi connectivity index (χ3n) is 12.3. The maximum atomic E-state index is 14.4. The molecule has 408 valence electrons. The van der Waals surface area contributed by atoms with Crippen molar-refractivity contribution in [2.45, 2.75) is 162 Å². The van der Waals surface area contributed by atoms with Crippen molar-refractivity contribution in [3.8, 4) is 0 Å². The molecule has 1 saturated heterocycles. The summed E-state index contributed by atoms with van der Waals surface area (Å²) in [5.41, 5.74) is 7.78. The molecule has 0 radical (unpaired) electrons. The van der Waals surface area contributed by atoms with Crippen LogP contribution in [0.5, 0.6) is 0 Å². The zero-order valence-electron chi connectivity index (χ0n) is 44.0. The molecule has 0 aromatic heterocycles. The standard InChI is InChI=1S/C53H79N9O12/c1-30(2)24-38(48(68)58-39(25-31(3)4)49(69)60-41(53(73)74)26-32(5)6)57-47(67)37(21-22-44(64)65)56-43(63)29-55-50(70)42-20-15-23-62(42)52(72)40(28-35-18-13-10-14-19-35)59-51(71)45(33(7)8)61-46(66)36(54)27-34-16-11-9-12-17-34/h9-14,16-19,30-33,36-42,45H,15,20-29,54H2,1-8H3,(H,55,70)(H,56,63)(H,57,67)(H,58,68)(H,59,71)(H,60,69)(H,61,66)(H,64,65)(H,73,74)/t36-,37-,38-,39-,40-,41-,42-,45-/m0/s1. The van der Waals surface area contributed by atoms with E-state index in [0.29, 0.717) is 12.0 Å². The van der Waals surface area contributed by atoms with Gasteiger partial charge in [-0.15, -0.1) is 0 Å². The highest BCUT2D eigenvalue weighted by atomic mass is 16.4. The van der Waals surface area contributed by atoms with Gasteiger partial charge in [0.2, 0.25) is 47.3 Å². The van der Waals surface area contributed by atoms with Gasteiger partial charge in [-0.1, -0.05) is 116 Å². The first-order valence-electron chi connectivity index (χ1n) is 25.5. The topological polar surface area (TPSA) is 325 Å². The number of carboxylic acids is 2. The smallest absolute Gasteiger partial charge is 0.326 e. The molecule has 2 aromatic carbocycles. The molecule has 8 amide bonds. The Morgan fingerprint density at radius 2 is 1.05 bits per heavy atom. The van der Waals surface area contributed by atoms with Gasteiger partial charge in [0.1, 0.15) is 42.3 Å². The first-order chi connectivity index (χ1) is 34.9. The van der Waals surface area contributed by atoms with Crippen molar-refractivity contribution >= 4 is 59.2 Å². The highest BCUT2D eigenvalue weighted by Crippen LogP contribution is 2.21. The lowest BCUT2D eigenvalue weighted by atomic mass is 9.98. The Hall–Kier alpha value is -6.90. The Kier molecular flexibility index (Phi) is 25.2. The predicted octanol–water partition coefficient (Wildman–Crippen LogP) is 1.56. The third kappa shape index (κ3) is 20.9. The number of nitrogens with one attached hydrogen (secondary N) is 7. The number of rotatable bonds is 30. The molecular formula is C53H79N9O12. The van der Waals surface area contributed by atoms with Gasteiger partial charge >= 0.3 is 11.9 Å².